The predicted molar refractivity (Wildman–Crippen MR) is 36.2 cm³/mol. The van der Waals surface area contributed by atoms with E-state index in [2.05, 4.69) is 5.32 Å². The Bertz CT molecular complexity index is 82.7. The van der Waals surface area contributed by atoms with Crippen LogP contribution in [-0.2, 0) is 0 Å². The van der Waals surface area contributed by atoms with Gasteiger partial charge < -0.3 is 11.1 Å². The first kappa shape index (κ1) is 7.34. The number of hydrogen-bond acceptors (Lipinski definition) is 2. The third-order valence-electron chi connectivity index (χ3n) is 1.24. The number of allylic oxidation sites excluding steroid dienone is 2. The first-order valence-electron chi connectivity index (χ1n) is 2.85. The Balaban J connectivity index is 3.83. The highest BCUT2D eigenvalue weighted by molar-refractivity contribution is 5.04. The fraction of sp³-hybridized carbons (Fsp3) is 0.667. The summed E-state index contributed by atoms with van der Waals surface area (Å²) in [5, 5.41) is 2.97. The standard InChI is InChI=1S/C6H14N2/c1-4-6(7)5(2)8-3/h8H,4,7H2,1-3H3/b6-5-. The normalized spacial score (nSPS) is 12.9. The Morgan fingerprint density at radius 3 is 2.25 bits per heavy atom. The molecule has 3 N–H and O–H groups in total. The summed E-state index contributed by atoms with van der Waals surface area (Å²) >= 11 is 0. The van der Waals surface area contributed by atoms with Crippen LogP contribution in [0.25, 0.3) is 0 Å². The minimum Gasteiger partial charge on any atom is -0.401 e. The highest BCUT2D eigenvalue weighted by atomic mass is 14.8. The van der Waals surface area contributed by atoms with Gasteiger partial charge >= 0.3 is 0 Å². The van der Waals surface area contributed by atoms with Crippen molar-refractivity contribution in [3.8, 4) is 0 Å². The zero-order valence-electron chi connectivity index (χ0n) is 5.78. The van der Waals surface area contributed by atoms with Gasteiger partial charge in [-0.25, -0.2) is 0 Å². The van der Waals surface area contributed by atoms with E-state index in [1.54, 1.807) is 0 Å². The molecule has 0 aliphatic rings. The van der Waals surface area contributed by atoms with Crippen LogP contribution in [0.15, 0.2) is 11.4 Å². The molecule has 8 heavy (non-hydrogen) atoms. The van der Waals surface area contributed by atoms with Crippen LogP contribution in [0, 0.1) is 0 Å². The van der Waals surface area contributed by atoms with Gasteiger partial charge in [0.05, 0.1) is 0 Å². The van der Waals surface area contributed by atoms with Crippen LogP contribution in [-0.4, -0.2) is 7.05 Å². The van der Waals surface area contributed by atoms with E-state index >= 15 is 0 Å². The van der Waals surface area contributed by atoms with E-state index in [1.807, 2.05) is 20.9 Å². The summed E-state index contributed by atoms with van der Waals surface area (Å²) in [6.45, 7) is 4.01. The van der Waals surface area contributed by atoms with E-state index in [9.17, 15) is 0 Å². The van der Waals surface area contributed by atoms with Crippen molar-refractivity contribution in [2.45, 2.75) is 20.3 Å². The smallest absolute Gasteiger partial charge is 0.0267 e. The molecule has 0 radical (unpaired) electrons. The van der Waals surface area contributed by atoms with Crippen molar-refractivity contribution < 1.29 is 0 Å². The minimum atomic E-state index is 0.923. The van der Waals surface area contributed by atoms with Crippen molar-refractivity contribution >= 4 is 0 Å². The average molecular weight is 114 g/mol. The number of nitrogens with one attached hydrogen (secondary N) is 1. The zero-order valence-corrected chi connectivity index (χ0v) is 5.78. The third kappa shape index (κ3) is 1.87. The van der Waals surface area contributed by atoms with E-state index in [0.717, 1.165) is 17.8 Å². The van der Waals surface area contributed by atoms with Gasteiger partial charge in [0.2, 0.25) is 0 Å². The van der Waals surface area contributed by atoms with Crippen LogP contribution in [0.2, 0.25) is 0 Å². The van der Waals surface area contributed by atoms with Crippen LogP contribution in [0.3, 0.4) is 0 Å². The molecule has 0 amide bonds. The number of rotatable bonds is 2. The van der Waals surface area contributed by atoms with Crippen molar-refractivity contribution in [3.63, 3.8) is 0 Å². The van der Waals surface area contributed by atoms with Crippen LogP contribution in [0.1, 0.15) is 20.3 Å². The Hall–Kier alpha value is -0.660. The quantitative estimate of drug-likeness (QED) is 0.557. The summed E-state index contributed by atoms with van der Waals surface area (Å²) in [4.78, 5) is 0. The van der Waals surface area contributed by atoms with Crippen molar-refractivity contribution in [2.24, 2.45) is 5.73 Å². The third-order valence-corrected chi connectivity index (χ3v) is 1.24. The lowest BCUT2D eigenvalue weighted by Crippen LogP contribution is -2.10. The summed E-state index contributed by atoms with van der Waals surface area (Å²) in [5.74, 6) is 0. The van der Waals surface area contributed by atoms with Gasteiger partial charge in [-0.05, 0) is 13.3 Å². The summed E-state index contributed by atoms with van der Waals surface area (Å²) in [6.07, 6.45) is 0.923. The first-order valence-corrected chi connectivity index (χ1v) is 2.85. The van der Waals surface area contributed by atoms with Gasteiger partial charge in [0.1, 0.15) is 0 Å². The Morgan fingerprint density at radius 1 is 1.62 bits per heavy atom. The fourth-order valence-electron chi connectivity index (χ4n) is 0.426. The molecule has 0 rings (SSSR count). The van der Waals surface area contributed by atoms with Crippen LogP contribution >= 0.6 is 0 Å². The molecule has 0 aromatic heterocycles. The van der Waals surface area contributed by atoms with Crippen LogP contribution < -0.4 is 11.1 Å². The molecule has 0 aliphatic heterocycles. The second kappa shape index (κ2) is 3.36. The molecule has 0 saturated heterocycles. The van der Waals surface area contributed by atoms with Gasteiger partial charge in [0.25, 0.3) is 0 Å². The maximum Gasteiger partial charge on any atom is 0.0267 e. The highest BCUT2D eigenvalue weighted by Crippen LogP contribution is 1.95. The lowest BCUT2D eigenvalue weighted by molar-refractivity contribution is 0.908. The SMILES string of the molecule is CC/C(N)=C(\C)NC. The lowest BCUT2D eigenvalue weighted by Gasteiger charge is -2.02. The molecule has 0 fully saturated rings. The van der Waals surface area contributed by atoms with E-state index in [1.165, 1.54) is 0 Å². The molecule has 0 bridgehead atoms. The molecular weight excluding hydrogens is 100 g/mol. The molecular formula is C6H14N2. The first-order chi connectivity index (χ1) is 3.72. The van der Waals surface area contributed by atoms with E-state index in [4.69, 9.17) is 5.73 Å². The summed E-state index contributed by atoms with van der Waals surface area (Å²) in [5.41, 5.74) is 7.56. The Kier molecular flexibility index (Phi) is 3.08. The molecule has 0 heterocycles. The second-order valence-electron chi connectivity index (χ2n) is 1.75. The van der Waals surface area contributed by atoms with Crippen LogP contribution in [0.4, 0.5) is 0 Å². The topological polar surface area (TPSA) is 38.0 Å². The van der Waals surface area contributed by atoms with E-state index in [-0.39, 0.29) is 0 Å². The Morgan fingerprint density at radius 2 is 2.12 bits per heavy atom. The maximum absolute atomic E-state index is 5.54. The zero-order chi connectivity index (χ0) is 6.57. The molecule has 0 saturated carbocycles. The van der Waals surface area contributed by atoms with Gasteiger partial charge in [-0.15, -0.1) is 0 Å². The molecule has 2 heteroatoms. The monoisotopic (exact) mass is 114 g/mol. The highest BCUT2D eigenvalue weighted by Gasteiger charge is 1.88. The van der Waals surface area contributed by atoms with Crippen LogP contribution in [0.5, 0.6) is 0 Å². The van der Waals surface area contributed by atoms with Gasteiger partial charge in [-0.1, -0.05) is 6.92 Å². The minimum absolute atomic E-state index is 0.923. The van der Waals surface area contributed by atoms with Gasteiger partial charge in [0.15, 0.2) is 0 Å². The van der Waals surface area contributed by atoms with Crippen molar-refractivity contribution in [3.05, 3.63) is 11.4 Å². The molecule has 0 atom stereocenters. The summed E-state index contributed by atoms with van der Waals surface area (Å²) in [7, 11) is 1.87. The largest absolute Gasteiger partial charge is 0.401 e. The molecule has 0 aromatic carbocycles. The predicted octanol–water partition coefficient (Wildman–Crippen LogP) is 0.806. The number of nitrogens with two attached hydrogens (primary N) is 1. The summed E-state index contributed by atoms with van der Waals surface area (Å²) in [6, 6.07) is 0. The maximum atomic E-state index is 5.54. The fourth-order valence-corrected chi connectivity index (χ4v) is 0.426. The second-order valence-corrected chi connectivity index (χ2v) is 1.75. The molecule has 2 nitrogen and oxygen atoms in total. The molecule has 48 valence electrons. The molecule has 0 aliphatic carbocycles. The molecule has 0 aromatic rings. The van der Waals surface area contributed by atoms with Crippen molar-refractivity contribution in [1.82, 2.24) is 5.32 Å². The summed E-state index contributed by atoms with van der Waals surface area (Å²) < 4.78 is 0. The molecule has 0 unspecified atom stereocenters. The van der Waals surface area contributed by atoms with Gasteiger partial charge in [-0.2, -0.15) is 0 Å². The van der Waals surface area contributed by atoms with Crippen molar-refractivity contribution in [1.29, 1.82) is 0 Å². The van der Waals surface area contributed by atoms with E-state index < -0.39 is 0 Å². The van der Waals surface area contributed by atoms with E-state index in [0.29, 0.717) is 0 Å². The molecule has 0 spiro atoms. The lowest BCUT2D eigenvalue weighted by atomic mass is 10.3. The van der Waals surface area contributed by atoms with Gasteiger partial charge in [-0.3, -0.25) is 0 Å². The number of hydrogen-bond donors (Lipinski definition) is 2. The average Bonchev–Trinajstić information content (AvgIpc) is 1.84. The Labute approximate surface area is 50.8 Å². The van der Waals surface area contributed by atoms with Gasteiger partial charge in [0, 0.05) is 18.4 Å². The van der Waals surface area contributed by atoms with Crippen molar-refractivity contribution in [2.75, 3.05) is 7.05 Å².